The van der Waals surface area contributed by atoms with Crippen LogP contribution in [0.4, 0.5) is 17.6 Å². The van der Waals surface area contributed by atoms with E-state index in [1.807, 2.05) is 0 Å². The molecule has 0 aliphatic carbocycles. The molecule has 27 heavy (non-hydrogen) atoms. The van der Waals surface area contributed by atoms with Crippen LogP contribution in [0.5, 0.6) is 0 Å². The maximum absolute atomic E-state index is 14.3. The van der Waals surface area contributed by atoms with Crippen LogP contribution in [-0.2, 0) is 6.18 Å². The summed E-state index contributed by atoms with van der Waals surface area (Å²) in [4.78, 5) is 12.7. The Morgan fingerprint density at radius 3 is 2.37 bits per heavy atom. The van der Waals surface area contributed by atoms with Crippen molar-refractivity contribution < 1.29 is 27.6 Å². The largest absolute Gasteiger partial charge is 0.870 e. The van der Waals surface area contributed by atoms with Crippen LogP contribution in [0.25, 0.3) is 22.1 Å². The Morgan fingerprint density at radius 1 is 1.07 bits per heavy atom. The highest BCUT2D eigenvalue weighted by molar-refractivity contribution is 9.10. The molecule has 0 saturated carbocycles. The van der Waals surface area contributed by atoms with Crippen LogP contribution in [0.15, 0.2) is 57.8 Å². The lowest BCUT2D eigenvalue weighted by molar-refractivity contribution is -0.556. The molecular weight excluding hydrogens is 434 g/mol. The number of fused-ring (bicyclic) bond motifs is 3. The zero-order valence-corrected chi connectivity index (χ0v) is 14.8. The average molecular weight is 444 g/mol. The molecule has 0 radical (unpaired) electrons. The Hall–Kier alpha value is -2.72. The molecule has 10 heteroatoms. The van der Waals surface area contributed by atoms with Gasteiger partial charge in [0.1, 0.15) is 0 Å². The number of aromatic amines is 1. The fourth-order valence-electron chi connectivity index (χ4n) is 2.81. The van der Waals surface area contributed by atoms with Crippen molar-refractivity contribution in [3.05, 3.63) is 74.7 Å². The van der Waals surface area contributed by atoms with Gasteiger partial charge in [-0.25, -0.2) is 9.18 Å². The highest BCUT2D eigenvalue weighted by Crippen LogP contribution is 2.29. The minimum Gasteiger partial charge on any atom is -0.870 e. The van der Waals surface area contributed by atoms with Crippen molar-refractivity contribution in [1.29, 1.82) is 0 Å². The van der Waals surface area contributed by atoms with E-state index in [9.17, 15) is 22.4 Å². The normalized spacial score (nSPS) is 11.7. The predicted molar refractivity (Wildman–Crippen MR) is 91.7 cm³/mol. The van der Waals surface area contributed by atoms with Gasteiger partial charge in [0.05, 0.1) is 5.56 Å². The van der Waals surface area contributed by atoms with Crippen molar-refractivity contribution >= 4 is 32.3 Å². The third kappa shape index (κ3) is 3.00. The molecule has 2 N–H and O–H groups in total. The molecule has 0 bridgehead atoms. The molecule has 0 saturated heterocycles. The molecule has 0 fully saturated rings. The van der Waals surface area contributed by atoms with Crippen molar-refractivity contribution in [2.24, 2.45) is 0 Å². The molecule has 4 aromatic rings. The third-order valence-electron chi connectivity index (χ3n) is 4.05. The number of nitrogens with one attached hydrogen (secondary N) is 1. The van der Waals surface area contributed by atoms with Gasteiger partial charge >= 0.3 is 11.7 Å². The lowest BCUT2D eigenvalue weighted by Gasteiger charge is -2.05. The van der Waals surface area contributed by atoms with Crippen molar-refractivity contribution in [3.8, 4) is 5.69 Å². The van der Waals surface area contributed by atoms with E-state index in [0.29, 0.717) is 9.86 Å². The van der Waals surface area contributed by atoms with Crippen LogP contribution in [0.1, 0.15) is 5.56 Å². The Kier molecular flexibility index (Phi) is 4.56. The van der Waals surface area contributed by atoms with Crippen molar-refractivity contribution in [3.63, 3.8) is 0 Å². The molecule has 0 amide bonds. The molecule has 2 aromatic carbocycles. The number of halogens is 5. The van der Waals surface area contributed by atoms with E-state index in [2.05, 4.69) is 21.1 Å². The average Bonchev–Trinajstić information content (AvgIpc) is 2.91. The second-order valence-corrected chi connectivity index (χ2v) is 6.49. The fraction of sp³-hybridized carbons (Fsp3) is 0.0588. The number of H-pyrrole nitrogens is 1. The molecule has 0 aliphatic rings. The standard InChI is InChI=1S/C17H8BrF4N3O.H2O/c18-12-8-14-16(26)24(10-6-4-9(5-7-10)17(20,21)22)23-25(14)15-11(12)2-1-3-13(15)19;/h1-8H;1H2. The van der Waals surface area contributed by atoms with Gasteiger partial charge in [0.15, 0.2) is 17.0 Å². The molecule has 4 rings (SSSR count). The predicted octanol–water partition coefficient (Wildman–Crippen LogP) is 3.80. The van der Waals surface area contributed by atoms with Gasteiger partial charge in [0, 0.05) is 15.9 Å². The fourth-order valence-corrected chi connectivity index (χ4v) is 3.35. The van der Waals surface area contributed by atoms with Gasteiger partial charge in [0.2, 0.25) is 5.52 Å². The van der Waals surface area contributed by atoms with Crippen LogP contribution >= 0.6 is 15.9 Å². The summed E-state index contributed by atoms with van der Waals surface area (Å²) in [5, 5.41) is 3.27. The smallest absolute Gasteiger partial charge is 0.416 e. The SMILES string of the molecule is O=c1c2cc(Br)c3cccc(F)c3[n+]2[nH]n1-c1ccc(C(F)(F)F)cc1.[OH-]. The van der Waals surface area contributed by atoms with Gasteiger partial charge in [-0.1, -0.05) is 16.0 Å². The Balaban J connectivity index is 0.00000210. The second-order valence-electron chi connectivity index (χ2n) is 5.63. The maximum Gasteiger partial charge on any atom is 0.416 e. The third-order valence-corrected chi connectivity index (χ3v) is 4.70. The van der Waals surface area contributed by atoms with Crippen LogP contribution in [-0.4, -0.2) is 15.4 Å². The van der Waals surface area contributed by atoms with Crippen LogP contribution in [0, 0.1) is 5.82 Å². The number of hydrogen-bond acceptors (Lipinski definition) is 2. The first-order chi connectivity index (χ1) is 12.3. The van der Waals surface area contributed by atoms with E-state index in [1.165, 1.54) is 28.8 Å². The number of para-hydroxylation sites is 1. The number of benzene rings is 2. The molecule has 0 aliphatic heterocycles. The summed E-state index contributed by atoms with van der Waals surface area (Å²) in [6, 6.07) is 10.1. The molecule has 2 aromatic heterocycles. The highest BCUT2D eigenvalue weighted by Gasteiger charge is 2.30. The Bertz CT molecular complexity index is 1210. The molecule has 140 valence electrons. The van der Waals surface area contributed by atoms with E-state index in [4.69, 9.17) is 0 Å². The second kappa shape index (κ2) is 6.46. The van der Waals surface area contributed by atoms with Gasteiger partial charge in [-0.15, -0.1) is 4.52 Å². The molecule has 0 unspecified atom stereocenters. The number of rotatable bonds is 1. The molecule has 0 spiro atoms. The first-order valence-electron chi connectivity index (χ1n) is 7.38. The number of hydrogen-bond donors (Lipinski definition) is 1. The molecule has 0 atom stereocenters. The number of pyridine rings is 1. The summed E-state index contributed by atoms with van der Waals surface area (Å²) in [6.45, 7) is 0. The summed E-state index contributed by atoms with van der Waals surface area (Å²) in [5.41, 5.74) is -0.839. The van der Waals surface area contributed by atoms with Gasteiger partial charge < -0.3 is 5.48 Å². The maximum atomic E-state index is 14.3. The van der Waals surface area contributed by atoms with Crippen LogP contribution in [0.3, 0.4) is 0 Å². The summed E-state index contributed by atoms with van der Waals surface area (Å²) in [6.07, 6.45) is -4.47. The van der Waals surface area contributed by atoms with Crippen LogP contribution < -0.4 is 10.1 Å². The van der Waals surface area contributed by atoms with Gasteiger partial charge in [0.25, 0.3) is 0 Å². The summed E-state index contributed by atoms with van der Waals surface area (Å²) in [5.74, 6) is -0.542. The minimum absolute atomic E-state index is 0. The lowest BCUT2D eigenvalue weighted by Crippen LogP contribution is -2.27. The lowest BCUT2D eigenvalue weighted by atomic mass is 10.2. The van der Waals surface area contributed by atoms with E-state index in [1.54, 1.807) is 12.1 Å². The van der Waals surface area contributed by atoms with Gasteiger partial charge in [-0.2, -0.15) is 13.2 Å². The molecule has 5 nitrogen and oxygen atoms in total. The number of aromatic nitrogens is 3. The quantitative estimate of drug-likeness (QED) is 0.359. The van der Waals surface area contributed by atoms with Gasteiger partial charge in [-0.3, -0.25) is 0 Å². The summed E-state index contributed by atoms with van der Waals surface area (Å²) >= 11 is 3.32. The van der Waals surface area contributed by atoms with E-state index < -0.39 is 23.1 Å². The highest BCUT2D eigenvalue weighted by atomic mass is 79.9. The van der Waals surface area contributed by atoms with E-state index >= 15 is 0 Å². The summed E-state index contributed by atoms with van der Waals surface area (Å²) in [7, 11) is 0. The summed E-state index contributed by atoms with van der Waals surface area (Å²) < 4.78 is 55.3. The molecular formula is C17H10BrF4N3O2. The van der Waals surface area contributed by atoms with Crippen molar-refractivity contribution in [2.75, 3.05) is 0 Å². The van der Waals surface area contributed by atoms with E-state index in [-0.39, 0.29) is 22.2 Å². The van der Waals surface area contributed by atoms with Gasteiger partial charge in [-0.05, 0) is 52.3 Å². The monoisotopic (exact) mass is 443 g/mol. The molecule has 2 heterocycles. The van der Waals surface area contributed by atoms with Crippen molar-refractivity contribution in [2.45, 2.75) is 6.18 Å². The Morgan fingerprint density at radius 2 is 1.74 bits per heavy atom. The number of nitrogens with zero attached hydrogens (tertiary/aromatic N) is 2. The Labute approximate surface area is 156 Å². The zero-order valence-electron chi connectivity index (χ0n) is 13.3. The van der Waals surface area contributed by atoms with E-state index in [0.717, 1.165) is 16.8 Å². The van der Waals surface area contributed by atoms with Crippen molar-refractivity contribution in [1.82, 2.24) is 9.90 Å². The minimum atomic E-state index is -4.47. The van der Waals surface area contributed by atoms with Crippen LogP contribution in [0.2, 0.25) is 0 Å². The zero-order chi connectivity index (χ0) is 18.6. The first-order valence-corrected chi connectivity index (χ1v) is 8.18. The number of alkyl halides is 3. The first kappa shape index (κ1) is 19.1. The topological polar surface area (TPSA) is 71.9 Å².